The van der Waals surface area contributed by atoms with Gasteiger partial charge in [0.1, 0.15) is 0 Å². The SMILES string of the molecule is O=C(N/N=C/c1ccc(-c2ccccc2)cc1)c1ccccc1Cl. The molecule has 0 heterocycles. The van der Waals surface area contributed by atoms with Crippen molar-refractivity contribution in [1.29, 1.82) is 0 Å². The van der Waals surface area contributed by atoms with Gasteiger partial charge < -0.3 is 0 Å². The highest BCUT2D eigenvalue weighted by Gasteiger charge is 2.07. The summed E-state index contributed by atoms with van der Waals surface area (Å²) in [5.41, 5.74) is 6.07. The van der Waals surface area contributed by atoms with Gasteiger partial charge in [-0.3, -0.25) is 4.79 Å². The second-order valence-electron chi connectivity index (χ2n) is 5.17. The van der Waals surface area contributed by atoms with Crippen LogP contribution in [0.2, 0.25) is 5.02 Å². The van der Waals surface area contributed by atoms with E-state index in [4.69, 9.17) is 11.6 Å². The smallest absolute Gasteiger partial charge is 0.267 e. The maximum Gasteiger partial charge on any atom is 0.272 e. The first kappa shape index (κ1) is 16.0. The fourth-order valence-electron chi connectivity index (χ4n) is 2.26. The maximum absolute atomic E-state index is 12.0. The first-order chi connectivity index (χ1) is 11.7. The summed E-state index contributed by atoms with van der Waals surface area (Å²) in [5, 5.41) is 4.38. The number of carbonyl (C=O) groups excluding carboxylic acids is 1. The number of halogens is 1. The molecule has 0 spiro atoms. The Balaban J connectivity index is 1.65. The molecule has 0 saturated heterocycles. The van der Waals surface area contributed by atoms with Gasteiger partial charge >= 0.3 is 0 Å². The second kappa shape index (κ2) is 7.57. The molecule has 0 unspecified atom stereocenters. The summed E-state index contributed by atoms with van der Waals surface area (Å²) in [7, 11) is 0. The summed E-state index contributed by atoms with van der Waals surface area (Å²) in [6, 6.07) is 24.9. The molecule has 0 aliphatic rings. The van der Waals surface area contributed by atoms with Crippen molar-refractivity contribution in [1.82, 2.24) is 5.43 Å². The molecule has 1 amide bonds. The van der Waals surface area contributed by atoms with Gasteiger partial charge in [0.15, 0.2) is 0 Å². The van der Waals surface area contributed by atoms with Crippen molar-refractivity contribution in [3.8, 4) is 11.1 Å². The lowest BCUT2D eigenvalue weighted by atomic mass is 10.0. The molecule has 1 N–H and O–H groups in total. The third kappa shape index (κ3) is 3.89. The van der Waals surface area contributed by atoms with Crippen molar-refractivity contribution >= 4 is 23.7 Å². The number of nitrogens with one attached hydrogen (secondary N) is 1. The van der Waals surface area contributed by atoms with Crippen molar-refractivity contribution in [2.75, 3.05) is 0 Å². The van der Waals surface area contributed by atoms with Gasteiger partial charge in [-0.05, 0) is 28.8 Å². The van der Waals surface area contributed by atoms with Crippen LogP contribution in [0.5, 0.6) is 0 Å². The van der Waals surface area contributed by atoms with Crippen molar-refractivity contribution in [2.45, 2.75) is 0 Å². The lowest BCUT2D eigenvalue weighted by molar-refractivity contribution is 0.0955. The van der Waals surface area contributed by atoms with Gasteiger partial charge in [0.05, 0.1) is 16.8 Å². The van der Waals surface area contributed by atoms with Crippen LogP contribution in [0.25, 0.3) is 11.1 Å². The maximum atomic E-state index is 12.0. The first-order valence-corrected chi connectivity index (χ1v) is 7.85. The average molecular weight is 335 g/mol. The molecule has 0 aliphatic heterocycles. The molecule has 3 rings (SSSR count). The van der Waals surface area contributed by atoms with Crippen molar-refractivity contribution in [3.05, 3.63) is 95.0 Å². The zero-order chi connectivity index (χ0) is 16.8. The average Bonchev–Trinajstić information content (AvgIpc) is 2.63. The minimum absolute atomic E-state index is 0.335. The molecule has 0 radical (unpaired) electrons. The van der Waals surface area contributed by atoms with Gasteiger partial charge in [0.25, 0.3) is 5.91 Å². The van der Waals surface area contributed by atoms with Gasteiger partial charge in [-0.1, -0.05) is 78.3 Å². The van der Waals surface area contributed by atoms with E-state index >= 15 is 0 Å². The molecular weight excluding hydrogens is 320 g/mol. The van der Waals surface area contributed by atoms with Crippen LogP contribution in [0.15, 0.2) is 84.0 Å². The predicted molar refractivity (Wildman–Crippen MR) is 98.4 cm³/mol. The quantitative estimate of drug-likeness (QED) is 0.542. The summed E-state index contributed by atoms with van der Waals surface area (Å²) >= 11 is 5.98. The normalized spacial score (nSPS) is 10.7. The lowest BCUT2D eigenvalue weighted by Crippen LogP contribution is -2.17. The van der Waals surface area contributed by atoms with E-state index in [0.717, 1.165) is 16.7 Å². The van der Waals surface area contributed by atoms with Crippen LogP contribution < -0.4 is 5.43 Å². The zero-order valence-corrected chi connectivity index (χ0v) is 13.6. The van der Waals surface area contributed by atoms with Crippen LogP contribution >= 0.6 is 11.6 Å². The van der Waals surface area contributed by atoms with E-state index in [1.54, 1.807) is 30.5 Å². The molecule has 118 valence electrons. The molecule has 4 heteroatoms. The number of hydrogen-bond acceptors (Lipinski definition) is 2. The lowest BCUT2D eigenvalue weighted by Gasteiger charge is -2.03. The van der Waals surface area contributed by atoms with Gasteiger partial charge in [-0.25, -0.2) is 5.43 Å². The minimum Gasteiger partial charge on any atom is -0.267 e. The fraction of sp³-hybridized carbons (Fsp3) is 0. The van der Waals surface area contributed by atoms with E-state index < -0.39 is 0 Å². The highest BCUT2D eigenvalue weighted by Crippen LogP contribution is 2.18. The Kier molecular flexibility index (Phi) is 5.04. The van der Waals surface area contributed by atoms with Crippen LogP contribution in [0.3, 0.4) is 0 Å². The molecule has 24 heavy (non-hydrogen) atoms. The molecule has 0 aromatic heterocycles. The Hall–Kier alpha value is -2.91. The van der Waals surface area contributed by atoms with Crippen LogP contribution in [0.4, 0.5) is 0 Å². The van der Waals surface area contributed by atoms with E-state index in [0.29, 0.717) is 10.6 Å². The summed E-state index contributed by atoms with van der Waals surface area (Å²) < 4.78 is 0. The second-order valence-corrected chi connectivity index (χ2v) is 5.57. The largest absolute Gasteiger partial charge is 0.272 e. The number of hydrazone groups is 1. The van der Waals surface area contributed by atoms with Gasteiger partial charge in [-0.2, -0.15) is 5.10 Å². The Morgan fingerprint density at radius 1 is 0.833 bits per heavy atom. The van der Waals surface area contributed by atoms with Gasteiger partial charge in [0, 0.05) is 0 Å². The number of rotatable bonds is 4. The standard InChI is InChI=1S/C20H15ClN2O/c21-19-9-5-4-8-18(19)20(24)23-22-14-15-10-12-17(13-11-15)16-6-2-1-3-7-16/h1-14H,(H,23,24)/b22-14+. The van der Waals surface area contributed by atoms with Crippen molar-refractivity contribution in [3.63, 3.8) is 0 Å². The molecular formula is C20H15ClN2O. The van der Waals surface area contributed by atoms with Crippen molar-refractivity contribution in [2.24, 2.45) is 5.10 Å². The van der Waals surface area contributed by atoms with E-state index in [1.165, 1.54) is 0 Å². The van der Waals surface area contributed by atoms with Crippen molar-refractivity contribution < 1.29 is 4.79 Å². The number of nitrogens with zero attached hydrogens (tertiary/aromatic N) is 1. The van der Waals surface area contributed by atoms with Gasteiger partial charge in [0.2, 0.25) is 0 Å². The fourth-order valence-corrected chi connectivity index (χ4v) is 2.48. The molecule has 0 saturated carbocycles. The molecule has 0 bridgehead atoms. The Morgan fingerprint density at radius 2 is 1.46 bits per heavy atom. The minimum atomic E-state index is -0.335. The molecule has 0 aliphatic carbocycles. The van der Waals surface area contributed by atoms with Crippen LogP contribution in [0.1, 0.15) is 15.9 Å². The van der Waals surface area contributed by atoms with Gasteiger partial charge in [-0.15, -0.1) is 0 Å². The predicted octanol–water partition coefficient (Wildman–Crippen LogP) is 4.77. The third-order valence-electron chi connectivity index (χ3n) is 3.52. The third-order valence-corrected chi connectivity index (χ3v) is 3.85. The number of hydrogen-bond donors (Lipinski definition) is 1. The summed E-state index contributed by atoms with van der Waals surface area (Å²) in [4.78, 5) is 12.0. The Labute approximate surface area is 145 Å². The van der Waals surface area contributed by atoms with Crippen LogP contribution in [-0.2, 0) is 0 Å². The highest BCUT2D eigenvalue weighted by molar-refractivity contribution is 6.33. The number of carbonyl (C=O) groups is 1. The van der Waals surface area contributed by atoms with E-state index in [1.807, 2.05) is 42.5 Å². The van der Waals surface area contributed by atoms with E-state index in [2.05, 4.69) is 22.7 Å². The molecule has 3 aromatic rings. The number of amides is 1. The van der Waals surface area contributed by atoms with Crippen LogP contribution in [-0.4, -0.2) is 12.1 Å². The molecule has 0 fully saturated rings. The van der Waals surface area contributed by atoms with Crippen LogP contribution in [0, 0.1) is 0 Å². The summed E-state index contributed by atoms with van der Waals surface area (Å²) in [6.45, 7) is 0. The summed E-state index contributed by atoms with van der Waals surface area (Å²) in [5.74, 6) is -0.335. The topological polar surface area (TPSA) is 41.5 Å². The number of benzene rings is 3. The highest BCUT2D eigenvalue weighted by atomic mass is 35.5. The first-order valence-electron chi connectivity index (χ1n) is 7.47. The van der Waals surface area contributed by atoms with E-state index in [9.17, 15) is 4.79 Å². The monoisotopic (exact) mass is 334 g/mol. The summed E-state index contributed by atoms with van der Waals surface area (Å²) in [6.07, 6.45) is 1.60. The zero-order valence-electron chi connectivity index (χ0n) is 12.8. The Morgan fingerprint density at radius 3 is 2.17 bits per heavy atom. The molecule has 3 nitrogen and oxygen atoms in total. The Bertz CT molecular complexity index is 858. The molecule has 3 aromatic carbocycles. The van der Waals surface area contributed by atoms with E-state index in [-0.39, 0.29) is 5.91 Å². The molecule has 0 atom stereocenters.